The first kappa shape index (κ1) is 10.9. The summed E-state index contributed by atoms with van der Waals surface area (Å²) in [6.07, 6.45) is -0.616. The van der Waals surface area contributed by atoms with E-state index in [9.17, 15) is 9.18 Å². The maximum absolute atomic E-state index is 13.5. The second kappa shape index (κ2) is 4.12. The molecule has 1 aliphatic carbocycles. The Labute approximate surface area is 92.9 Å². The van der Waals surface area contributed by atoms with Crippen LogP contribution in [-0.2, 0) is 11.2 Å². The van der Waals surface area contributed by atoms with Crippen molar-refractivity contribution in [1.82, 2.24) is 0 Å². The van der Waals surface area contributed by atoms with Crippen molar-refractivity contribution in [3.8, 4) is 5.75 Å². The number of aliphatic carboxylic acids is 1. The Hall–Kier alpha value is -1.58. The summed E-state index contributed by atoms with van der Waals surface area (Å²) in [5.41, 5.74) is 1.72. The zero-order chi connectivity index (χ0) is 11.7. The molecule has 1 N–H and O–H groups in total. The fourth-order valence-electron chi connectivity index (χ4n) is 2.32. The summed E-state index contributed by atoms with van der Waals surface area (Å²) in [6.45, 7) is 0. The van der Waals surface area contributed by atoms with Gasteiger partial charge in [0.1, 0.15) is 5.75 Å². The van der Waals surface area contributed by atoms with Crippen LogP contribution < -0.4 is 4.74 Å². The standard InChI is InChI=1S/C12H13FO3/c1-16-10-4-2-3-7-8(10)5-6-9(7)11(13)12(14)15/h2-4,9,11H,5-6H2,1H3,(H,14,15). The quantitative estimate of drug-likeness (QED) is 0.855. The number of hydrogen-bond donors (Lipinski definition) is 1. The molecule has 2 unspecified atom stereocenters. The van der Waals surface area contributed by atoms with Crippen molar-refractivity contribution in [2.24, 2.45) is 0 Å². The minimum absolute atomic E-state index is 0.531. The molecule has 4 heteroatoms. The van der Waals surface area contributed by atoms with Crippen molar-refractivity contribution in [2.75, 3.05) is 7.11 Å². The Kier molecular flexibility index (Phi) is 2.81. The van der Waals surface area contributed by atoms with Crippen molar-refractivity contribution in [1.29, 1.82) is 0 Å². The van der Waals surface area contributed by atoms with Gasteiger partial charge < -0.3 is 9.84 Å². The predicted octanol–water partition coefficient (Wildman–Crippen LogP) is 2.15. The highest BCUT2D eigenvalue weighted by atomic mass is 19.1. The van der Waals surface area contributed by atoms with Gasteiger partial charge in [-0.2, -0.15) is 0 Å². The van der Waals surface area contributed by atoms with Gasteiger partial charge in [-0.15, -0.1) is 0 Å². The van der Waals surface area contributed by atoms with E-state index in [1.165, 1.54) is 0 Å². The number of methoxy groups -OCH3 is 1. The van der Waals surface area contributed by atoms with Gasteiger partial charge in [0.15, 0.2) is 0 Å². The number of hydrogen-bond acceptors (Lipinski definition) is 2. The molecule has 3 nitrogen and oxygen atoms in total. The molecule has 0 aromatic heterocycles. The van der Waals surface area contributed by atoms with Crippen LogP contribution in [0.15, 0.2) is 18.2 Å². The number of benzene rings is 1. The Morgan fingerprint density at radius 3 is 3.00 bits per heavy atom. The summed E-state index contributed by atoms with van der Waals surface area (Å²) >= 11 is 0. The molecule has 0 saturated heterocycles. The average molecular weight is 224 g/mol. The number of rotatable bonds is 3. The van der Waals surface area contributed by atoms with E-state index in [0.717, 1.165) is 16.9 Å². The van der Waals surface area contributed by atoms with Gasteiger partial charge in [0.05, 0.1) is 7.11 Å². The van der Waals surface area contributed by atoms with Gasteiger partial charge in [0.25, 0.3) is 0 Å². The molecule has 0 spiro atoms. The van der Waals surface area contributed by atoms with Crippen LogP contribution in [0.5, 0.6) is 5.75 Å². The van der Waals surface area contributed by atoms with Crippen LogP contribution in [0, 0.1) is 0 Å². The van der Waals surface area contributed by atoms with Gasteiger partial charge in [-0.05, 0) is 30.0 Å². The Bertz CT molecular complexity index is 417. The first-order valence-electron chi connectivity index (χ1n) is 5.17. The lowest BCUT2D eigenvalue weighted by Gasteiger charge is -2.13. The molecule has 1 aromatic rings. The van der Waals surface area contributed by atoms with Crippen LogP contribution >= 0.6 is 0 Å². The number of halogens is 1. The van der Waals surface area contributed by atoms with E-state index in [-0.39, 0.29) is 0 Å². The molecule has 1 aliphatic rings. The highest BCUT2D eigenvalue weighted by molar-refractivity contribution is 5.74. The van der Waals surface area contributed by atoms with Gasteiger partial charge in [-0.1, -0.05) is 12.1 Å². The molecule has 0 bridgehead atoms. The number of fused-ring (bicyclic) bond motifs is 1. The van der Waals surface area contributed by atoms with E-state index in [1.54, 1.807) is 19.2 Å². The van der Waals surface area contributed by atoms with Gasteiger partial charge in [0, 0.05) is 5.92 Å². The van der Waals surface area contributed by atoms with Crippen LogP contribution in [0.2, 0.25) is 0 Å². The van der Waals surface area contributed by atoms with Crippen LogP contribution in [-0.4, -0.2) is 24.4 Å². The molecular weight excluding hydrogens is 211 g/mol. The minimum atomic E-state index is -1.83. The second-order valence-electron chi connectivity index (χ2n) is 3.91. The van der Waals surface area contributed by atoms with Gasteiger partial charge in [-0.3, -0.25) is 0 Å². The monoisotopic (exact) mass is 224 g/mol. The van der Waals surface area contributed by atoms with Crippen LogP contribution in [0.25, 0.3) is 0 Å². The zero-order valence-electron chi connectivity index (χ0n) is 8.94. The maximum atomic E-state index is 13.5. The van der Waals surface area contributed by atoms with E-state index in [1.807, 2.05) is 6.07 Å². The number of carbonyl (C=O) groups is 1. The summed E-state index contributed by atoms with van der Waals surface area (Å²) in [7, 11) is 1.56. The fourth-order valence-corrected chi connectivity index (χ4v) is 2.32. The number of carboxylic acid groups (broad SMARTS) is 1. The highest BCUT2D eigenvalue weighted by Crippen LogP contribution is 2.40. The van der Waals surface area contributed by atoms with E-state index in [4.69, 9.17) is 9.84 Å². The summed E-state index contributed by atoms with van der Waals surface area (Å²) in [5, 5.41) is 8.69. The second-order valence-corrected chi connectivity index (χ2v) is 3.91. The van der Waals surface area contributed by atoms with Gasteiger partial charge >= 0.3 is 5.97 Å². The topological polar surface area (TPSA) is 46.5 Å². The minimum Gasteiger partial charge on any atom is -0.496 e. The first-order chi connectivity index (χ1) is 7.65. The molecule has 1 aromatic carbocycles. The third-order valence-corrected chi connectivity index (χ3v) is 3.08. The smallest absolute Gasteiger partial charge is 0.338 e. The average Bonchev–Trinajstić information content (AvgIpc) is 2.71. The largest absolute Gasteiger partial charge is 0.496 e. The Balaban J connectivity index is 2.37. The van der Waals surface area contributed by atoms with E-state index in [2.05, 4.69) is 0 Å². The summed E-state index contributed by atoms with van der Waals surface area (Å²) in [5.74, 6) is -1.21. The first-order valence-corrected chi connectivity index (χ1v) is 5.17. The lowest BCUT2D eigenvalue weighted by Crippen LogP contribution is -2.21. The van der Waals surface area contributed by atoms with Crippen molar-refractivity contribution >= 4 is 5.97 Å². The predicted molar refractivity (Wildman–Crippen MR) is 56.6 cm³/mol. The highest BCUT2D eigenvalue weighted by Gasteiger charge is 2.35. The SMILES string of the molecule is COc1cccc2c1CCC2C(F)C(=O)O. The molecule has 0 radical (unpaired) electrons. The number of ether oxygens (including phenoxy) is 1. The molecule has 0 fully saturated rings. The van der Waals surface area contributed by atoms with Crippen molar-refractivity contribution < 1.29 is 19.0 Å². The number of carboxylic acids is 1. The van der Waals surface area contributed by atoms with Crippen molar-refractivity contribution in [3.63, 3.8) is 0 Å². The van der Waals surface area contributed by atoms with Gasteiger partial charge in [-0.25, -0.2) is 9.18 Å². The Morgan fingerprint density at radius 1 is 1.62 bits per heavy atom. The summed E-state index contributed by atoms with van der Waals surface area (Å²) in [6, 6.07) is 5.37. The molecular formula is C12H13FO3. The summed E-state index contributed by atoms with van der Waals surface area (Å²) < 4.78 is 18.7. The van der Waals surface area contributed by atoms with Crippen LogP contribution in [0.4, 0.5) is 4.39 Å². The molecule has 0 aliphatic heterocycles. The van der Waals surface area contributed by atoms with E-state index < -0.39 is 18.1 Å². The molecule has 86 valence electrons. The van der Waals surface area contributed by atoms with E-state index in [0.29, 0.717) is 12.8 Å². The van der Waals surface area contributed by atoms with E-state index >= 15 is 0 Å². The van der Waals surface area contributed by atoms with Gasteiger partial charge in [0.2, 0.25) is 6.17 Å². The van der Waals surface area contributed by atoms with Crippen LogP contribution in [0.1, 0.15) is 23.5 Å². The molecule has 0 amide bonds. The third-order valence-electron chi connectivity index (χ3n) is 3.08. The number of alkyl halides is 1. The maximum Gasteiger partial charge on any atom is 0.338 e. The molecule has 2 atom stereocenters. The molecule has 16 heavy (non-hydrogen) atoms. The molecule has 0 saturated carbocycles. The molecule has 2 rings (SSSR count). The van der Waals surface area contributed by atoms with Crippen molar-refractivity contribution in [3.05, 3.63) is 29.3 Å². The zero-order valence-corrected chi connectivity index (χ0v) is 8.94. The van der Waals surface area contributed by atoms with Crippen molar-refractivity contribution in [2.45, 2.75) is 24.9 Å². The third kappa shape index (κ3) is 1.64. The normalized spacial score (nSPS) is 20.2. The Morgan fingerprint density at radius 2 is 2.38 bits per heavy atom. The lowest BCUT2D eigenvalue weighted by molar-refractivity contribution is -0.143. The fraction of sp³-hybridized carbons (Fsp3) is 0.417. The van der Waals surface area contributed by atoms with Crippen LogP contribution in [0.3, 0.4) is 0 Å². The lowest BCUT2D eigenvalue weighted by atomic mass is 9.96. The molecule has 0 heterocycles. The summed E-state index contributed by atoms with van der Waals surface area (Å²) in [4.78, 5) is 10.6.